The molecule has 1 aliphatic rings. The van der Waals surface area contributed by atoms with Crippen molar-refractivity contribution in [3.63, 3.8) is 0 Å². The minimum atomic E-state index is -0.871. The smallest absolute Gasteiger partial charge is 0.408 e. The molecule has 0 unspecified atom stereocenters. The number of thioether (sulfide) groups is 1. The molecule has 0 bridgehead atoms. The van der Waals surface area contributed by atoms with Crippen LogP contribution in [0, 0.1) is 0 Å². The number of nitrogens with one attached hydrogen (secondary N) is 2. The molecule has 10 heteroatoms. The zero-order valence-corrected chi connectivity index (χ0v) is 29.5. The molecule has 50 heavy (non-hydrogen) atoms. The van der Waals surface area contributed by atoms with E-state index >= 15 is 0 Å². The van der Waals surface area contributed by atoms with Crippen LogP contribution in [0.1, 0.15) is 65.8 Å². The van der Waals surface area contributed by atoms with Crippen molar-refractivity contribution in [2.45, 2.75) is 49.3 Å². The normalized spacial score (nSPS) is 14.5. The molecule has 8 nitrogen and oxygen atoms in total. The summed E-state index contributed by atoms with van der Waals surface area (Å²) in [6.07, 6.45) is 3.66. The third-order valence-corrected chi connectivity index (χ3v) is 10.1. The van der Waals surface area contributed by atoms with E-state index < -0.39 is 17.2 Å². The van der Waals surface area contributed by atoms with Gasteiger partial charge in [0.05, 0.1) is 33.9 Å². The number of aromatic nitrogens is 3. The van der Waals surface area contributed by atoms with Gasteiger partial charge < -0.3 is 15.4 Å². The monoisotopic (exact) mass is 701 g/mol. The Hall–Kier alpha value is -5.12. The van der Waals surface area contributed by atoms with Gasteiger partial charge in [-0.15, -0.1) is 11.8 Å². The minimum Gasteiger partial charge on any atom is -0.444 e. The van der Waals surface area contributed by atoms with E-state index in [9.17, 15) is 9.59 Å². The average molecular weight is 702 g/mol. The van der Waals surface area contributed by atoms with Crippen molar-refractivity contribution in [1.29, 1.82) is 0 Å². The molecule has 0 fully saturated rings. The zero-order chi connectivity index (χ0) is 34.9. The first kappa shape index (κ1) is 33.4. The third kappa shape index (κ3) is 6.34. The summed E-state index contributed by atoms with van der Waals surface area (Å²) in [4.78, 5) is 32.2. The van der Waals surface area contributed by atoms with Gasteiger partial charge in [0, 0.05) is 16.8 Å². The molecule has 2 amide bonds. The number of hydrogen-bond acceptors (Lipinski definition) is 6. The summed E-state index contributed by atoms with van der Waals surface area (Å²) in [5.74, 6) is 0.410. The van der Waals surface area contributed by atoms with Gasteiger partial charge in [-0.2, -0.15) is 5.10 Å². The summed E-state index contributed by atoms with van der Waals surface area (Å²) < 4.78 is 7.42. The van der Waals surface area contributed by atoms with Crippen LogP contribution in [-0.2, 0) is 10.3 Å². The number of amides is 2. The molecule has 0 saturated heterocycles. The SMILES string of the molecule is CC(C)(C)OC(=O)N[C@H]1CCSc2cc(C(=O)Nc3ccnc4c3cnn4C(c3ccccc3)(c3ccccc3)c3ccccc3)c(Cl)cc21. The molecule has 6 aromatic rings. The lowest BCUT2D eigenvalue weighted by Gasteiger charge is -2.36. The van der Waals surface area contributed by atoms with E-state index in [0.717, 1.165) is 32.9 Å². The quantitative estimate of drug-likeness (QED) is 0.161. The van der Waals surface area contributed by atoms with Crippen molar-refractivity contribution in [2.24, 2.45) is 0 Å². The van der Waals surface area contributed by atoms with Crippen LogP contribution in [0.2, 0.25) is 5.02 Å². The Morgan fingerprint density at radius 3 is 2.06 bits per heavy atom. The first-order chi connectivity index (χ1) is 24.1. The van der Waals surface area contributed by atoms with E-state index in [2.05, 4.69) is 47.0 Å². The van der Waals surface area contributed by atoms with E-state index in [4.69, 9.17) is 26.4 Å². The highest BCUT2D eigenvalue weighted by atomic mass is 35.5. The number of carbonyl (C=O) groups is 2. The maximum absolute atomic E-state index is 13.9. The van der Waals surface area contributed by atoms with Crippen molar-refractivity contribution in [1.82, 2.24) is 20.1 Å². The molecule has 3 heterocycles. The molecular weight excluding hydrogens is 666 g/mol. The maximum Gasteiger partial charge on any atom is 0.408 e. The lowest BCUT2D eigenvalue weighted by molar-refractivity contribution is 0.0501. The van der Waals surface area contributed by atoms with Gasteiger partial charge in [-0.25, -0.2) is 14.5 Å². The van der Waals surface area contributed by atoms with Crippen molar-refractivity contribution in [3.05, 3.63) is 154 Å². The minimum absolute atomic E-state index is 0.277. The lowest BCUT2D eigenvalue weighted by atomic mass is 9.77. The highest BCUT2D eigenvalue weighted by Crippen LogP contribution is 2.43. The summed E-state index contributed by atoms with van der Waals surface area (Å²) in [6, 6.07) is 35.8. The van der Waals surface area contributed by atoms with Gasteiger partial charge in [0.25, 0.3) is 5.91 Å². The molecule has 0 saturated carbocycles. The number of nitrogens with zero attached hydrogens (tertiary/aromatic N) is 3. The van der Waals surface area contributed by atoms with Gasteiger partial charge in [-0.05, 0) is 67.6 Å². The first-order valence-corrected chi connectivity index (χ1v) is 17.8. The Morgan fingerprint density at radius 2 is 1.48 bits per heavy atom. The summed E-state index contributed by atoms with van der Waals surface area (Å²) in [5, 5.41) is 12.0. The molecule has 1 aliphatic heterocycles. The number of alkyl carbamates (subject to hydrolysis) is 1. The number of halogens is 1. The molecule has 2 N–H and O–H groups in total. The number of benzene rings is 4. The van der Waals surface area contributed by atoms with Crippen LogP contribution in [0.3, 0.4) is 0 Å². The Kier molecular flexibility index (Phi) is 9.11. The van der Waals surface area contributed by atoms with E-state index in [1.807, 2.05) is 80.1 Å². The van der Waals surface area contributed by atoms with Crippen molar-refractivity contribution >= 4 is 52.1 Å². The average Bonchev–Trinajstić information content (AvgIpc) is 3.55. The fourth-order valence-electron chi connectivity index (χ4n) is 6.56. The molecule has 7 rings (SSSR count). The molecule has 0 spiro atoms. The number of anilines is 1. The molecule has 252 valence electrons. The molecule has 4 aromatic carbocycles. The molecule has 0 radical (unpaired) electrons. The van der Waals surface area contributed by atoms with Crippen LogP contribution in [0.15, 0.2) is 126 Å². The second kappa shape index (κ2) is 13.7. The van der Waals surface area contributed by atoms with Crippen LogP contribution in [0.5, 0.6) is 0 Å². The van der Waals surface area contributed by atoms with Gasteiger partial charge in [0.2, 0.25) is 0 Å². The highest BCUT2D eigenvalue weighted by Gasteiger charge is 2.41. The number of rotatable bonds is 7. The van der Waals surface area contributed by atoms with Crippen LogP contribution in [0.4, 0.5) is 10.5 Å². The molecular formula is C40H36ClN5O3S. The largest absolute Gasteiger partial charge is 0.444 e. The van der Waals surface area contributed by atoms with Gasteiger partial charge in [0.1, 0.15) is 11.1 Å². The molecule has 2 aromatic heterocycles. The molecule has 1 atom stereocenters. The summed E-state index contributed by atoms with van der Waals surface area (Å²) in [5.41, 5.74) is 3.90. The predicted molar refractivity (Wildman–Crippen MR) is 199 cm³/mol. The number of hydrogen-bond donors (Lipinski definition) is 2. The zero-order valence-electron chi connectivity index (χ0n) is 27.9. The highest BCUT2D eigenvalue weighted by molar-refractivity contribution is 7.99. The predicted octanol–water partition coefficient (Wildman–Crippen LogP) is 9.24. The Morgan fingerprint density at radius 1 is 0.880 bits per heavy atom. The van der Waals surface area contributed by atoms with E-state index in [1.165, 1.54) is 0 Å². The Balaban J connectivity index is 1.27. The number of ether oxygens (including phenoxy) is 1. The van der Waals surface area contributed by atoms with Crippen molar-refractivity contribution in [3.8, 4) is 0 Å². The third-order valence-electron chi connectivity index (χ3n) is 8.69. The van der Waals surface area contributed by atoms with Crippen molar-refractivity contribution in [2.75, 3.05) is 11.1 Å². The fourth-order valence-corrected chi connectivity index (χ4v) is 7.96. The lowest BCUT2D eigenvalue weighted by Crippen LogP contribution is -2.38. The van der Waals surface area contributed by atoms with Gasteiger partial charge in [-0.3, -0.25) is 4.79 Å². The topological polar surface area (TPSA) is 98.1 Å². The Labute approximate surface area is 300 Å². The van der Waals surface area contributed by atoms with E-state index in [1.54, 1.807) is 42.4 Å². The van der Waals surface area contributed by atoms with Gasteiger partial charge in [0.15, 0.2) is 5.65 Å². The summed E-state index contributed by atoms with van der Waals surface area (Å²) >= 11 is 8.40. The number of pyridine rings is 1. The summed E-state index contributed by atoms with van der Waals surface area (Å²) in [6.45, 7) is 5.48. The van der Waals surface area contributed by atoms with Crippen LogP contribution >= 0.6 is 23.4 Å². The maximum atomic E-state index is 13.9. The number of carbonyl (C=O) groups excluding carboxylic acids is 2. The van der Waals surface area contributed by atoms with E-state index in [0.29, 0.717) is 28.7 Å². The standard InChI is InChI=1S/C40H36ClN5O3S/c1-39(2,3)49-38(48)45-34-20-22-50-35-24-29(32(41)23-30(34)35)37(47)44-33-19-21-42-36-31(33)25-43-46(36)40(26-13-7-4-8-14-26,27-15-9-5-10-16-27)28-17-11-6-12-18-28/h4-19,21,23-25,34H,20,22H2,1-3H3,(H,45,48)(H,42,44,47)/t34-/m0/s1. The second-order valence-electron chi connectivity index (χ2n) is 13.1. The fraction of sp³-hybridized carbons (Fsp3) is 0.200. The van der Waals surface area contributed by atoms with Crippen molar-refractivity contribution < 1.29 is 14.3 Å². The van der Waals surface area contributed by atoms with Crippen LogP contribution < -0.4 is 10.6 Å². The van der Waals surface area contributed by atoms with Crippen LogP contribution in [0.25, 0.3) is 11.0 Å². The Bertz CT molecular complexity index is 2070. The van der Waals surface area contributed by atoms with Crippen LogP contribution in [-0.4, -0.2) is 38.1 Å². The van der Waals surface area contributed by atoms with Gasteiger partial charge in [-0.1, -0.05) is 103 Å². The summed E-state index contributed by atoms with van der Waals surface area (Å²) in [7, 11) is 0. The van der Waals surface area contributed by atoms with E-state index in [-0.39, 0.29) is 17.0 Å². The second-order valence-corrected chi connectivity index (χ2v) is 14.7. The first-order valence-electron chi connectivity index (χ1n) is 16.4. The molecule has 0 aliphatic carbocycles. The number of fused-ring (bicyclic) bond motifs is 2. The van der Waals surface area contributed by atoms with Gasteiger partial charge >= 0.3 is 6.09 Å².